The number of methoxy groups -OCH3 is 1. The normalized spacial score (nSPS) is 7.50. The maximum absolute atomic E-state index is 5.03. The minimum Gasteiger partial charge on any atom is -0.497 e. The molecule has 0 atom stereocenters. The van der Waals surface area contributed by atoms with E-state index in [2.05, 4.69) is 11.8 Å². The van der Waals surface area contributed by atoms with E-state index in [4.69, 9.17) is 4.74 Å². The molecule has 0 aliphatic carbocycles. The summed E-state index contributed by atoms with van der Waals surface area (Å²) in [7, 11) is 1.65. The minimum absolute atomic E-state index is 0. The lowest BCUT2D eigenvalue weighted by atomic mass is 10.2. The molecular weight excluding hydrogens is 148 g/mol. The zero-order valence-electron chi connectivity index (χ0n) is 6.72. The molecule has 0 N–H and O–H groups in total. The average Bonchev–Trinajstić information content (AvgIpc) is 2.06. The van der Waals surface area contributed by atoms with Gasteiger partial charge in [-0.3, -0.25) is 0 Å². The predicted octanol–water partition coefficient (Wildman–Crippen LogP) is 2.70. The zero-order valence-corrected chi connectivity index (χ0v) is 6.72. The van der Waals surface area contributed by atoms with Crippen LogP contribution in [0.15, 0.2) is 24.3 Å². The first-order valence-electron chi connectivity index (χ1n) is 3.43. The Hall–Kier alpha value is -1.42. The first kappa shape index (κ1) is 10.6. The van der Waals surface area contributed by atoms with Gasteiger partial charge in [-0.15, -0.1) is 5.92 Å². The van der Waals surface area contributed by atoms with Crippen molar-refractivity contribution in [3.8, 4) is 17.6 Å². The van der Waals surface area contributed by atoms with Gasteiger partial charge in [0.1, 0.15) is 5.75 Å². The van der Waals surface area contributed by atoms with E-state index in [1.165, 1.54) is 0 Å². The van der Waals surface area contributed by atoms with Crippen LogP contribution >= 0.6 is 0 Å². The summed E-state index contributed by atoms with van der Waals surface area (Å²) in [5, 5.41) is 0. The molecule has 0 spiro atoms. The summed E-state index contributed by atoms with van der Waals surface area (Å²) in [6.07, 6.45) is 0. The van der Waals surface area contributed by atoms with E-state index in [9.17, 15) is 0 Å². The molecule has 1 aromatic carbocycles. The first-order valence-corrected chi connectivity index (χ1v) is 3.43. The Bertz CT molecular complexity index is 291. The Morgan fingerprint density at radius 3 is 2.67 bits per heavy atom. The van der Waals surface area contributed by atoms with Gasteiger partial charge >= 0.3 is 0 Å². The van der Waals surface area contributed by atoms with Crippen LogP contribution in [0, 0.1) is 11.8 Å². The van der Waals surface area contributed by atoms with Crippen molar-refractivity contribution in [3.05, 3.63) is 29.8 Å². The molecule has 0 aliphatic rings. The molecule has 1 aromatic rings. The molecule has 0 unspecified atom stereocenters. The van der Waals surface area contributed by atoms with E-state index in [1.54, 1.807) is 7.11 Å². The fourth-order valence-corrected chi connectivity index (χ4v) is 0.845. The van der Waals surface area contributed by atoms with Crippen LogP contribution in [0.5, 0.6) is 5.75 Å². The van der Waals surface area contributed by atoms with Crippen LogP contribution in [0.4, 0.5) is 0 Å². The molecular formula is C11H14O. The Morgan fingerprint density at radius 1 is 1.33 bits per heavy atom. The zero-order chi connectivity index (χ0) is 8.10. The topological polar surface area (TPSA) is 9.23 Å². The molecule has 64 valence electrons. The van der Waals surface area contributed by atoms with Crippen LogP contribution in [-0.4, -0.2) is 7.11 Å². The van der Waals surface area contributed by atoms with Crippen molar-refractivity contribution >= 4 is 0 Å². The van der Waals surface area contributed by atoms with E-state index in [0.717, 1.165) is 11.3 Å². The lowest BCUT2D eigenvalue weighted by Crippen LogP contribution is -1.82. The molecule has 0 fully saturated rings. The number of hydrogen-bond acceptors (Lipinski definition) is 1. The Kier molecular flexibility index (Phi) is 4.64. The van der Waals surface area contributed by atoms with Crippen LogP contribution in [0.3, 0.4) is 0 Å². The van der Waals surface area contributed by atoms with Crippen molar-refractivity contribution in [1.29, 1.82) is 0 Å². The number of rotatable bonds is 1. The second kappa shape index (κ2) is 5.26. The third kappa shape index (κ3) is 2.67. The Balaban J connectivity index is 0.00000121. The Labute approximate surface area is 74.4 Å². The molecule has 0 saturated heterocycles. The maximum atomic E-state index is 5.03. The Morgan fingerprint density at radius 2 is 2.08 bits per heavy atom. The summed E-state index contributed by atoms with van der Waals surface area (Å²) >= 11 is 0. The number of hydrogen-bond donors (Lipinski definition) is 0. The lowest BCUT2D eigenvalue weighted by molar-refractivity contribution is 0.414. The van der Waals surface area contributed by atoms with Crippen LogP contribution in [0.25, 0.3) is 0 Å². The van der Waals surface area contributed by atoms with Gasteiger partial charge in [-0.25, -0.2) is 0 Å². The fourth-order valence-electron chi connectivity index (χ4n) is 0.845. The first-order chi connectivity index (χ1) is 5.36. The molecule has 1 heteroatoms. The molecule has 0 aliphatic heterocycles. The molecule has 0 radical (unpaired) electrons. The summed E-state index contributed by atoms with van der Waals surface area (Å²) in [6.45, 7) is 1.82. The molecule has 12 heavy (non-hydrogen) atoms. The molecule has 1 nitrogen and oxygen atoms in total. The summed E-state index contributed by atoms with van der Waals surface area (Å²) in [6, 6.07) is 7.70. The van der Waals surface area contributed by atoms with Crippen molar-refractivity contribution in [2.24, 2.45) is 0 Å². The SMILES string of the molecule is C.CC#Cc1cccc(OC)c1. The van der Waals surface area contributed by atoms with Crippen LogP contribution in [0.1, 0.15) is 19.9 Å². The van der Waals surface area contributed by atoms with E-state index in [1.807, 2.05) is 31.2 Å². The second-order valence-electron chi connectivity index (χ2n) is 2.11. The minimum atomic E-state index is 0. The predicted molar refractivity (Wildman–Crippen MR) is 52.3 cm³/mol. The average molecular weight is 162 g/mol. The van der Waals surface area contributed by atoms with Gasteiger partial charge in [-0.2, -0.15) is 0 Å². The summed E-state index contributed by atoms with van der Waals surface area (Å²) < 4.78 is 5.03. The molecule has 0 amide bonds. The summed E-state index contributed by atoms with van der Waals surface area (Å²) in [5.41, 5.74) is 0.992. The van der Waals surface area contributed by atoms with E-state index < -0.39 is 0 Å². The van der Waals surface area contributed by atoms with Crippen molar-refractivity contribution in [2.75, 3.05) is 7.11 Å². The van der Waals surface area contributed by atoms with Gasteiger partial charge < -0.3 is 4.74 Å². The lowest BCUT2D eigenvalue weighted by Gasteiger charge is -1.97. The third-order valence-electron chi connectivity index (χ3n) is 1.34. The van der Waals surface area contributed by atoms with Crippen molar-refractivity contribution < 1.29 is 4.74 Å². The van der Waals surface area contributed by atoms with Crippen LogP contribution in [-0.2, 0) is 0 Å². The quantitative estimate of drug-likeness (QED) is 0.577. The van der Waals surface area contributed by atoms with Gasteiger partial charge in [0.15, 0.2) is 0 Å². The van der Waals surface area contributed by atoms with Crippen molar-refractivity contribution in [1.82, 2.24) is 0 Å². The van der Waals surface area contributed by atoms with E-state index in [-0.39, 0.29) is 7.43 Å². The second-order valence-corrected chi connectivity index (χ2v) is 2.11. The highest BCUT2D eigenvalue weighted by atomic mass is 16.5. The summed E-state index contributed by atoms with van der Waals surface area (Å²) in [5.74, 6) is 6.63. The van der Waals surface area contributed by atoms with Crippen molar-refractivity contribution in [3.63, 3.8) is 0 Å². The largest absolute Gasteiger partial charge is 0.497 e. The highest BCUT2D eigenvalue weighted by molar-refractivity contribution is 5.39. The number of benzene rings is 1. The summed E-state index contributed by atoms with van der Waals surface area (Å²) in [4.78, 5) is 0. The van der Waals surface area contributed by atoms with Gasteiger partial charge in [-0.05, 0) is 25.1 Å². The fraction of sp³-hybridized carbons (Fsp3) is 0.273. The van der Waals surface area contributed by atoms with Gasteiger partial charge in [0, 0.05) is 5.56 Å². The molecule has 0 bridgehead atoms. The van der Waals surface area contributed by atoms with Crippen molar-refractivity contribution in [2.45, 2.75) is 14.4 Å². The smallest absolute Gasteiger partial charge is 0.120 e. The molecule has 0 heterocycles. The standard InChI is InChI=1S/C10H10O.CH4/c1-3-5-9-6-4-7-10(8-9)11-2;/h4,6-8H,1-2H3;1H4. The van der Waals surface area contributed by atoms with E-state index >= 15 is 0 Å². The highest BCUT2D eigenvalue weighted by Gasteiger charge is 1.89. The van der Waals surface area contributed by atoms with Gasteiger partial charge in [0.05, 0.1) is 7.11 Å². The maximum Gasteiger partial charge on any atom is 0.120 e. The van der Waals surface area contributed by atoms with Crippen LogP contribution in [0.2, 0.25) is 0 Å². The van der Waals surface area contributed by atoms with E-state index in [0.29, 0.717) is 0 Å². The monoisotopic (exact) mass is 162 g/mol. The van der Waals surface area contributed by atoms with Gasteiger partial charge in [0.25, 0.3) is 0 Å². The highest BCUT2D eigenvalue weighted by Crippen LogP contribution is 2.10. The van der Waals surface area contributed by atoms with Crippen LogP contribution < -0.4 is 4.74 Å². The third-order valence-corrected chi connectivity index (χ3v) is 1.34. The number of ether oxygens (including phenoxy) is 1. The molecule has 0 saturated carbocycles. The van der Waals surface area contributed by atoms with Gasteiger partial charge in [-0.1, -0.05) is 19.4 Å². The van der Waals surface area contributed by atoms with Gasteiger partial charge in [0.2, 0.25) is 0 Å². The molecule has 1 rings (SSSR count). The molecule has 0 aromatic heterocycles.